The Bertz CT molecular complexity index is 2030. The van der Waals surface area contributed by atoms with Gasteiger partial charge in [0.15, 0.2) is 6.10 Å². The molecule has 0 aromatic carbocycles. The first-order valence-electron chi connectivity index (χ1n) is 31.5. The lowest BCUT2D eigenvalue weighted by Crippen LogP contribution is -2.37. The van der Waals surface area contributed by atoms with Crippen LogP contribution in [0.3, 0.4) is 0 Å². The van der Waals surface area contributed by atoms with E-state index >= 15 is 0 Å². The smallest absolute Gasteiger partial charge is 0.306 e. The van der Waals surface area contributed by atoms with Crippen LogP contribution in [-0.2, 0) is 32.7 Å². The third kappa shape index (κ3) is 64.3. The molecule has 0 amide bonds. The highest BCUT2D eigenvalue weighted by Gasteiger charge is 2.21. The van der Waals surface area contributed by atoms with E-state index < -0.39 is 32.5 Å². The molecule has 0 spiro atoms. The maximum atomic E-state index is 12.8. The molecule has 0 aliphatic carbocycles. The summed E-state index contributed by atoms with van der Waals surface area (Å²) in [5.41, 5.74) is 0. The predicted molar refractivity (Wildman–Crippen MR) is 350 cm³/mol. The summed E-state index contributed by atoms with van der Waals surface area (Å²) in [4.78, 5) is 38.0. The molecule has 0 aromatic heterocycles. The van der Waals surface area contributed by atoms with Crippen LogP contribution in [0.4, 0.5) is 0 Å². The predicted octanol–water partition coefficient (Wildman–Crippen LogP) is 19.7. The topological polar surface area (TPSA) is 111 Å². The van der Waals surface area contributed by atoms with Crippen LogP contribution in [0.5, 0.6) is 0 Å². The number of esters is 2. The van der Waals surface area contributed by atoms with Gasteiger partial charge in [-0.3, -0.25) is 14.2 Å². The fourth-order valence-electron chi connectivity index (χ4n) is 7.65. The van der Waals surface area contributed by atoms with Gasteiger partial charge in [-0.2, -0.15) is 0 Å². The highest BCUT2D eigenvalue weighted by molar-refractivity contribution is 7.45. The van der Waals surface area contributed by atoms with E-state index in [2.05, 4.69) is 196 Å². The number of allylic oxidation sites excluding steroid dienone is 30. The van der Waals surface area contributed by atoms with Crippen molar-refractivity contribution >= 4 is 19.8 Å². The van der Waals surface area contributed by atoms with Crippen LogP contribution in [0.1, 0.15) is 206 Å². The van der Waals surface area contributed by atoms with Gasteiger partial charge in [0, 0.05) is 12.8 Å². The number of ether oxygens (including phenoxy) is 2. The van der Waals surface area contributed by atoms with Gasteiger partial charge in [0.25, 0.3) is 7.82 Å². The summed E-state index contributed by atoms with van der Waals surface area (Å²) in [5, 5.41) is 0. The fourth-order valence-corrected chi connectivity index (χ4v) is 8.38. The second-order valence-electron chi connectivity index (χ2n) is 21.3. The van der Waals surface area contributed by atoms with Crippen molar-refractivity contribution in [1.82, 2.24) is 0 Å². The molecule has 2 unspecified atom stereocenters. The van der Waals surface area contributed by atoms with Gasteiger partial charge in [-0.25, -0.2) is 0 Å². The first kappa shape index (κ1) is 77.1. The molecule has 0 radical (unpaired) electrons. The van der Waals surface area contributed by atoms with Crippen LogP contribution in [0.2, 0.25) is 0 Å². The molecule has 10 heteroatoms. The highest BCUT2D eigenvalue weighted by Crippen LogP contribution is 2.38. The number of quaternary nitrogens is 1. The van der Waals surface area contributed by atoms with E-state index in [0.29, 0.717) is 23.9 Å². The maximum absolute atomic E-state index is 12.8. The molecule has 0 fully saturated rings. The van der Waals surface area contributed by atoms with Crippen molar-refractivity contribution in [3.05, 3.63) is 182 Å². The van der Waals surface area contributed by atoms with Crippen molar-refractivity contribution in [3.63, 3.8) is 0 Å². The van der Waals surface area contributed by atoms with E-state index in [-0.39, 0.29) is 26.1 Å². The summed E-state index contributed by atoms with van der Waals surface area (Å²) in [6, 6.07) is 0. The zero-order chi connectivity index (χ0) is 59.8. The molecule has 2 atom stereocenters. The minimum absolute atomic E-state index is 0.0517. The average Bonchev–Trinajstić information content (AvgIpc) is 3.46. The minimum atomic E-state index is -4.67. The van der Waals surface area contributed by atoms with E-state index in [1.807, 2.05) is 21.1 Å². The second kappa shape index (κ2) is 60.7. The molecule has 460 valence electrons. The number of likely N-dealkylation sites (N-methyl/N-ethyl adjacent to an activating group) is 1. The molecule has 9 nitrogen and oxygen atoms in total. The van der Waals surface area contributed by atoms with Crippen LogP contribution >= 0.6 is 7.82 Å². The normalized spacial score (nSPS) is 14.5. The number of phosphoric acid groups is 1. The largest absolute Gasteiger partial charge is 0.756 e. The standard InChI is InChI=1S/C72H114NO8P/c1-6-8-10-12-14-16-18-20-22-24-26-28-30-32-34-35-36-37-39-40-42-44-46-48-50-52-54-56-58-60-62-64-71(74)78-68-70(69-80-82(76,77)79-67-66-73(3,4)5)81-72(75)65-63-61-59-57-55-53-51-49-47-45-43-41-38-33-31-29-27-25-23-21-19-17-15-13-11-9-7-2/h8-11,14-17,20-23,26-29,32-34,36-38,40,42-43,45,49,51,55,57,70H,6-7,12-13,18-19,24-25,30-31,35,39,41,44,46-48,50,52-54,56,58-69H2,1-5H3/b10-8-,11-9-,16-14-,17-15-,22-20-,23-21-,28-26-,29-27-,34-32-,37-36-,38-33-,42-40-,45-43-,51-49-,57-55-. The molecular formula is C72H114NO8P. The quantitative estimate of drug-likeness (QED) is 0.0195. The summed E-state index contributed by atoms with van der Waals surface area (Å²) < 4.78 is 34.2. The van der Waals surface area contributed by atoms with Gasteiger partial charge in [-0.15, -0.1) is 0 Å². The Hall–Kier alpha value is -4.89. The van der Waals surface area contributed by atoms with E-state index in [9.17, 15) is 19.0 Å². The highest BCUT2D eigenvalue weighted by atomic mass is 31.2. The number of unbranched alkanes of at least 4 members (excludes halogenated alkanes) is 11. The van der Waals surface area contributed by atoms with Crippen LogP contribution in [0.15, 0.2) is 182 Å². The molecule has 0 saturated carbocycles. The Morgan fingerprint density at radius 2 is 0.659 bits per heavy atom. The monoisotopic (exact) mass is 1150 g/mol. The summed E-state index contributed by atoms with van der Waals surface area (Å²) in [5.74, 6) is -0.908. The molecule has 0 saturated heterocycles. The zero-order valence-electron chi connectivity index (χ0n) is 52.1. The Balaban J connectivity index is 4.28. The SMILES string of the molecule is CC/C=C\C/C=C\C/C=C\C/C=C\C/C=C\C/C=C\C/C=C\C/C=C\CCCCC(=O)OC(COC(=O)CCCCCCCCCCC/C=C\C/C=C\C/C=C\C/C=C\C/C=C\C/C=C\C/C=C\CC)COP(=O)([O-])OCC[N+](C)(C)C. The Morgan fingerprint density at radius 3 is 1.00 bits per heavy atom. The van der Waals surface area contributed by atoms with Gasteiger partial charge in [0.2, 0.25) is 0 Å². The molecule has 82 heavy (non-hydrogen) atoms. The van der Waals surface area contributed by atoms with Crippen molar-refractivity contribution in [3.8, 4) is 0 Å². The molecule has 0 aliphatic rings. The van der Waals surface area contributed by atoms with Crippen LogP contribution in [0.25, 0.3) is 0 Å². The number of hydrogen-bond donors (Lipinski definition) is 0. The zero-order valence-corrected chi connectivity index (χ0v) is 53.0. The van der Waals surface area contributed by atoms with Gasteiger partial charge in [-0.05, 0) is 135 Å². The number of hydrogen-bond acceptors (Lipinski definition) is 8. The number of phosphoric ester groups is 1. The maximum Gasteiger partial charge on any atom is 0.306 e. The van der Waals surface area contributed by atoms with Crippen LogP contribution in [-0.4, -0.2) is 70.0 Å². The summed E-state index contributed by atoms with van der Waals surface area (Å²) in [6.07, 6.45) is 93.7. The number of rotatable bonds is 55. The van der Waals surface area contributed by atoms with Gasteiger partial charge in [0.05, 0.1) is 27.7 Å². The van der Waals surface area contributed by atoms with Crippen LogP contribution < -0.4 is 4.89 Å². The average molecular weight is 1150 g/mol. The molecule has 0 aromatic rings. The van der Waals surface area contributed by atoms with Crippen molar-refractivity contribution in [1.29, 1.82) is 0 Å². The Kier molecular flexibility index (Phi) is 57.1. The van der Waals surface area contributed by atoms with E-state index in [1.165, 1.54) is 32.1 Å². The second-order valence-corrected chi connectivity index (χ2v) is 22.7. The lowest BCUT2D eigenvalue weighted by atomic mass is 10.1. The van der Waals surface area contributed by atoms with Crippen LogP contribution in [0, 0.1) is 0 Å². The Morgan fingerprint density at radius 1 is 0.378 bits per heavy atom. The molecule has 0 aliphatic heterocycles. The molecule has 0 rings (SSSR count). The summed E-state index contributed by atoms with van der Waals surface area (Å²) in [6.45, 7) is 3.92. The Labute approximate surface area is 501 Å². The lowest BCUT2D eigenvalue weighted by molar-refractivity contribution is -0.870. The van der Waals surface area contributed by atoms with Crippen molar-refractivity contribution in [2.45, 2.75) is 213 Å². The summed E-state index contributed by atoms with van der Waals surface area (Å²) >= 11 is 0. The van der Waals surface area contributed by atoms with E-state index in [1.54, 1.807) is 0 Å². The number of nitrogens with zero attached hydrogens (tertiary/aromatic N) is 1. The fraction of sp³-hybridized carbons (Fsp3) is 0.556. The third-order valence-electron chi connectivity index (χ3n) is 12.4. The summed E-state index contributed by atoms with van der Waals surface area (Å²) in [7, 11) is 1.10. The first-order valence-corrected chi connectivity index (χ1v) is 33.0. The number of carbonyl (C=O) groups is 2. The van der Waals surface area contributed by atoms with Crippen molar-refractivity contribution < 1.29 is 42.1 Å². The number of carbonyl (C=O) groups excluding carboxylic acids is 2. The van der Waals surface area contributed by atoms with Gasteiger partial charge >= 0.3 is 11.9 Å². The third-order valence-corrected chi connectivity index (χ3v) is 13.4. The van der Waals surface area contributed by atoms with Gasteiger partial charge < -0.3 is 27.9 Å². The molecule has 0 N–H and O–H groups in total. The van der Waals surface area contributed by atoms with E-state index in [0.717, 1.165) is 135 Å². The lowest BCUT2D eigenvalue weighted by Gasteiger charge is -2.28. The molecular weight excluding hydrogens is 1040 g/mol. The first-order chi connectivity index (χ1) is 40.0. The van der Waals surface area contributed by atoms with E-state index in [4.69, 9.17) is 18.5 Å². The van der Waals surface area contributed by atoms with Gasteiger partial charge in [0.1, 0.15) is 19.8 Å². The van der Waals surface area contributed by atoms with Gasteiger partial charge in [-0.1, -0.05) is 241 Å². The van der Waals surface area contributed by atoms with Crippen molar-refractivity contribution in [2.24, 2.45) is 0 Å². The minimum Gasteiger partial charge on any atom is -0.756 e. The molecule has 0 bridgehead atoms. The molecule has 0 heterocycles. The van der Waals surface area contributed by atoms with Crippen molar-refractivity contribution in [2.75, 3.05) is 47.5 Å².